The Kier molecular flexibility index (Phi) is 21.7. The third-order valence-electron chi connectivity index (χ3n) is 10.2. The quantitative estimate of drug-likeness (QED) is 0.248. The van der Waals surface area contributed by atoms with Crippen molar-refractivity contribution in [2.24, 2.45) is 21.7 Å². The Morgan fingerprint density at radius 1 is 0.295 bits per heavy atom. The SMILES string of the molecule is CC1=[C-]C(C)(C)C(C)=C1C.CC1=[C-]C(C)(C)C(C)=C1C.CC1=[C-]C(C)(C)C(C)=C1C.CC1=[C-]C(C)(C)C(C)=C1C.[Cl-].[Cl-].[Zr+2].[Zr+2]. The molecule has 4 aliphatic carbocycles. The van der Waals surface area contributed by atoms with Gasteiger partial charge in [0.15, 0.2) is 0 Å². The molecule has 0 aromatic heterocycles. The Morgan fingerprint density at radius 3 is 0.432 bits per heavy atom. The second-order valence-corrected chi connectivity index (χ2v) is 14.5. The van der Waals surface area contributed by atoms with Crippen LogP contribution in [0.15, 0.2) is 66.9 Å². The van der Waals surface area contributed by atoms with E-state index in [4.69, 9.17) is 0 Å². The van der Waals surface area contributed by atoms with Gasteiger partial charge in [-0.1, -0.05) is 132 Å². The second kappa shape index (κ2) is 18.7. The van der Waals surface area contributed by atoms with Crippen LogP contribution in [0.2, 0.25) is 0 Å². The van der Waals surface area contributed by atoms with Crippen molar-refractivity contribution in [2.75, 3.05) is 0 Å². The van der Waals surface area contributed by atoms with Crippen LogP contribution in [0.4, 0.5) is 0 Å². The number of rotatable bonds is 0. The summed E-state index contributed by atoms with van der Waals surface area (Å²) in [4.78, 5) is 0. The number of hydrogen-bond acceptors (Lipinski definition) is 0. The summed E-state index contributed by atoms with van der Waals surface area (Å²) in [5.74, 6) is 0. The maximum absolute atomic E-state index is 3.44. The molecule has 44 heavy (non-hydrogen) atoms. The molecule has 0 aliphatic heterocycles. The van der Waals surface area contributed by atoms with Gasteiger partial charge in [-0.15, -0.1) is 27.7 Å². The summed E-state index contributed by atoms with van der Waals surface area (Å²) in [7, 11) is 0. The number of allylic oxidation sites excluding steroid dienone is 16. The van der Waals surface area contributed by atoms with E-state index in [1.807, 2.05) is 0 Å². The molecule has 0 nitrogen and oxygen atoms in total. The summed E-state index contributed by atoms with van der Waals surface area (Å²) in [6, 6.07) is 0. The van der Waals surface area contributed by atoms with Gasteiger partial charge in [-0.2, -0.15) is 44.6 Å². The van der Waals surface area contributed by atoms with Crippen LogP contribution in [0.3, 0.4) is 0 Å². The minimum absolute atomic E-state index is 0. The first-order chi connectivity index (χ1) is 17.8. The zero-order chi connectivity index (χ0) is 31.8. The van der Waals surface area contributed by atoms with E-state index in [-0.39, 0.29) is 98.9 Å². The van der Waals surface area contributed by atoms with E-state index in [1.54, 1.807) is 0 Å². The summed E-state index contributed by atoms with van der Waals surface area (Å²) >= 11 is 0. The fraction of sp³-hybridized carbons (Fsp3) is 0.600. The minimum Gasteiger partial charge on any atom is -1.00 e. The first-order valence-corrected chi connectivity index (χ1v) is 15.0. The molecular formula is C40H60Cl2Zr2-2. The van der Waals surface area contributed by atoms with E-state index in [9.17, 15) is 0 Å². The van der Waals surface area contributed by atoms with Crippen molar-refractivity contribution in [1.82, 2.24) is 0 Å². The van der Waals surface area contributed by atoms with E-state index >= 15 is 0 Å². The maximum Gasteiger partial charge on any atom is 2.00 e. The van der Waals surface area contributed by atoms with Crippen molar-refractivity contribution in [1.29, 1.82) is 0 Å². The molecule has 0 atom stereocenters. The molecule has 0 aromatic rings. The third kappa shape index (κ3) is 12.4. The average molecular weight is 794 g/mol. The van der Waals surface area contributed by atoms with E-state index in [2.05, 4.69) is 163 Å². The Balaban J connectivity index is -0.000000235. The molecule has 4 aliphatic rings. The van der Waals surface area contributed by atoms with Crippen LogP contribution in [-0.2, 0) is 52.4 Å². The van der Waals surface area contributed by atoms with Crippen LogP contribution >= 0.6 is 0 Å². The first kappa shape index (κ1) is 51.1. The third-order valence-corrected chi connectivity index (χ3v) is 10.2. The van der Waals surface area contributed by atoms with Crippen LogP contribution in [0.25, 0.3) is 0 Å². The molecule has 0 heterocycles. The van der Waals surface area contributed by atoms with Crippen LogP contribution < -0.4 is 24.8 Å². The van der Waals surface area contributed by atoms with Crippen molar-refractivity contribution < 1.29 is 77.2 Å². The molecule has 244 valence electrons. The van der Waals surface area contributed by atoms with Gasteiger partial charge in [0.1, 0.15) is 0 Å². The Labute approximate surface area is 325 Å². The van der Waals surface area contributed by atoms with Crippen LogP contribution in [0.1, 0.15) is 138 Å². The molecule has 0 N–H and O–H groups in total. The van der Waals surface area contributed by atoms with E-state index in [1.165, 1.54) is 66.9 Å². The van der Waals surface area contributed by atoms with Gasteiger partial charge in [0.25, 0.3) is 0 Å². The Bertz CT molecular complexity index is 1080. The fourth-order valence-corrected chi connectivity index (χ4v) is 5.62. The molecule has 0 fully saturated rings. The molecule has 0 radical (unpaired) electrons. The summed E-state index contributed by atoms with van der Waals surface area (Å²) in [6.07, 6.45) is 13.7. The Morgan fingerprint density at radius 2 is 0.409 bits per heavy atom. The van der Waals surface area contributed by atoms with Crippen molar-refractivity contribution in [3.8, 4) is 0 Å². The molecule has 0 aromatic carbocycles. The van der Waals surface area contributed by atoms with Crippen molar-refractivity contribution in [3.05, 3.63) is 91.2 Å². The number of halogens is 2. The largest absolute Gasteiger partial charge is 2.00 e. The standard InChI is InChI=1S/4C10H15.2ClH.2Zr/c4*1-7-6-10(4,5)9(3)8(7)2;;;;/h4*1-5H3;2*1H;;/q4*-1;;;2*+2/p-2. The van der Waals surface area contributed by atoms with Crippen molar-refractivity contribution >= 4 is 0 Å². The maximum atomic E-state index is 3.44. The van der Waals surface area contributed by atoms with Gasteiger partial charge in [-0.25, -0.2) is 22.3 Å². The van der Waals surface area contributed by atoms with Gasteiger partial charge in [0, 0.05) is 0 Å². The molecule has 0 saturated heterocycles. The monoisotopic (exact) mass is 790 g/mol. The smallest absolute Gasteiger partial charge is 1.00 e. The molecule has 0 spiro atoms. The van der Waals surface area contributed by atoms with E-state index < -0.39 is 0 Å². The van der Waals surface area contributed by atoms with Gasteiger partial charge >= 0.3 is 52.4 Å². The molecule has 4 rings (SSSR count). The number of hydrogen-bond donors (Lipinski definition) is 0. The topological polar surface area (TPSA) is 0 Å². The zero-order valence-corrected chi connectivity index (χ0v) is 38.2. The van der Waals surface area contributed by atoms with Crippen LogP contribution in [0, 0.1) is 46.0 Å². The predicted molar refractivity (Wildman–Crippen MR) is 178 cm³/mol. The van der Waals surface area contributed by atoms with Gasteiger partial charge in [0.2, 0.25) is 0 Å². The molecule has 0 unspecified atom stereocenters. The second-order valence-electron chi connectivity index (χ2n) is 14.5. The van der Waals surface area contributed by atoms with E-state index in [0.717, 1.165) is 0 Å². The van der Waals surface area contributed by atoms with Gasteiger partial charge in [0.05, 0.1) is 0 Å². The zero-order valence-electron chi connectivity index (χ0n) is 31.8. The van der Waals surface area contributed by atoms with Crippen molar-refractivity contribution in [3.63, 3.8) is 0 Å². The van der Waals surface area contributed by atoms with Crippen LogP contribution in [-0.4, -0.2) is 0 Å². The molecule has 0 saturated carbocycles. The summed E-state index contributed by atoms with van der Waals surface area (Å²) < 4.78 is 0. The minimum atomic E-state index is 0. The molecule has 0 amide bonds. The van der Waals surface area contributed by atoms with Crippen molar-refractivity contribution in [2.45, 2.75) is 138 Å². The average Bonchev–Trinajstić information content (AvgIpc) is 3.28. The summed E-state index contributed by atoms with van der Waals surface area (Å²) in [5, 5.41) is 0. The molecular weight excluding hydrogens is 734 g/mol. The predicted octanol–water partition coefficient (Wildman–Crippen LogP) is 6.45. The fourth-order valence-electron chi connectivity index (χ4n) is 5.62. The molecule has 4 heteroatoms. The van der Waals surface area contributed by atoms with E-state index in [0.29, 0.717) is 0 Å². The van der Waals surface area contributed by atoms with Crippen LogP contribution in [0.5, 0.6) is 0 Å². The van der Waals surface area contributed by atoms with Gasteiger partial charge < -0.3 is 24.8 Å². The summed E-state index contributed by atoms with van der Waals surface area (Å²) in [6.45, 7) is 43.7. The van der Waals surface area contributed by atoms with Gasteiger partial charge in [-0.3, -0.25) is 24.3 Å². The van der Waals surface area contributed by atoms with Gasteiger partial charge in [-0.05, 0) is 0 Å². The summed E-state index contributed by atoms with van der Waals surface area (Å²) in [5.41, 5.74) is 17.6. The first-order valence-electron chi connectivity index (χ1n) is 15.0. The molecule has 0 bridgehead atoms. The normalized spacial score (nSPS) is 21.4. The Hall–Kier alpha value is 0.266.